The van der Waals surface area contributed by atoms with Crippen molar-refractivity contribution in [3.05, 3.63) is 24.1 Å². The monoisotopic (exact) mass is 273 g/mol. The Morgan fingerprint density at radius 2 is 2.25 bits per heavy atom. The van der Waals surface area contributed by atoms with E-state index in [9.17, 15) is 0 Å². The molecule has 1 atom stereocenters. The SMILES string of the molecule is CC(C)c1nc2cc(NC3CCCN(C)C3)ccc2o1. The number of fused-ring (bicyclic) bond motifs is 1. The molecule has 2 heterocycles. The summed E-state index contributed by atoms with van der Waals surface area (Å²) in [5, 5.41) is 3.62. The maximum atomic E-state index is 5.74. The molecule has 20 heavy (non-hydrogen) atoms. The topological polar surface area (TPSA) is 41.3 Å². The van der Waals surface area contributed by atoms with Crippen LogP contribution in [0.5, 0.6) is 0 Å². The number of aromatic nitrogens is 1. The van der Waals surface area contributed by atoms with Gasteiger partial charge in [-0.2, -0.15) is 0 Å². The Balaban J connectivity index is 1.78. The molecule has 1 aliphatic heterocycles. The first-order valence-electron chi connectivity index (χ1n) is 7.47. The second-order valence-electron chi connectivity index (χ2n) is 6.14. The zero-order valence-corrected chi connectivity index (χ0v) is 12.5. The van der Waals surface area contributed by atoms with Crippen LogP contribution in [0, 0.1) is 0 Å². The molecule has 4 nitrogen and oxygen atoms in total. The first-order valence-corrected chi connectivity index (χ1v) is 7.47. The molecule has 108 valence electrons. The summed E-state index contributed by atoms with van der Waals surface area (Å²) in [6, 6.07) is 6.73. The number of benzene rings is 1. The van der Waals surface area contributed by atoms with Crippen molar-refractivity contribution >= 4 is 16.8 Å². The van der Waals surface area contributed by atoms with Gasteiger partial charge in [0.1, 0.15) is 5.52 Å². The third kappa shape index (κ3) is 2.80. The molecule has 1 fully saturated rings. The molecule has 1 saturated heterocycles. The third-order valence-electron chi connectivity index (χ3n) is 3.89. The Hall–Kier alpha value is -1.55. The summed E-state index contributed by atoms with van der Waals surface area (Å²) in [5.74, 6) is 1.14. The number of oxazole rings is 1. The lowest BCUT2D eigenvalue weighted by Crippen LogP contribution is -2.39. The van der Waals surface area contributed by atoms with Crippen LogP contribution in [-0.4, -0.2) is 36.1 Å². The fourth-order valence-corrected chi connectivity index (χ4v) is 2.80. The number of piperidine rings is 1. The summed E-state index contributed by atoms with van der Waals surface area (Å²) >= 11 is 0. The van der Waals surface area contributed by atoms with Gasteiger partial charge in [-0.3, -0.25) is 0 Å². The summed E-state index contributed by atoms with van der Waals surface area (Å²) in [6.45, 7) is 6.51. The summed E-state index contributed by atoms with van der Waals surface area (Å²) in [7, 11) is 2.18. The molecule has 1 aromatic carbocycles. The van der Waals surface area contributed by atoms with Crippen molar-refractivity contribution in [2.75, 3.05) is 25.5 Å². The zero-order valence-electron chi connectivity index (χ0n) is 12.5. The summed E-state index contributed by atoms with van der Waals surface area (Å²) < 4.78 is 5.74. The minimum Gasteiger partial charge on any atom is -0.440 e. The Kier molecular flexibility index (Phi) is 3.66. The molecule has 3 rings (SSSR count). The van der Waals surface area contributed by atoms with Gasteiger partial charge in [-0.15, -0.1) is 0 Å². The number of hydrogen-bond donors (Lipinski definition) is 1. The Morgan fingerprint density at radius 1 is 1.40 bits per heavy atom. The van der Waals surface area contributed by atoms with Gasteiger partial charge < -0.3 is 14.6 Å². The van der Waals surface area contributed by atoms with E-state index in [0.717, 1.165) is 29.2 Å². The molecule has 4 heteroatoms. The van der Waals surface area contributed by atoms with Crippen LogP contribution in [-0.2, 0) is 0 Å². The maximum absolute atomic E-state index is 5.74. The molecule has 2 aromatic rings. The van der Waals surface area contributed by atoms with Crippen LogP contribution in [0.2, 0.25) is 0 Å². The third-order valence-corrected chi connectivity index (χ3v) is 3.89. The molecule has 1 unspecified atom stereocenters. The van der Waals surface area contributed by atoms with Crippen LogP contribution < -0.4 is 5.32 Å². The van der Waals surface area contributed by atoms with E-state index in [1.807, 2.05) is 6.07 Å². The maximum Gasteiger partial charge on any atom is 0.198 e. The van der Waals surface area contributed by atoms with Crippen LogP contribution in [0.25, 0.3) is 11.1 Å². The number of nitrogens with zero attached hydrogens (tertiary/aromatic N) is 2. The second-order valence-corrected chi connectivity index (χ2v) is 6.14. The van der Waals surface area contributed by atoms with Crippen molar-refractivity contribution in [2.24, 2.45) is 0 Å². The van der Waals surface area contributed by atoms with Crippen LogP contribution in [0.15, 0.2) is 22.6 Å². The van der Waals surface area contributed by atoms with Gasteiger partial charge in [-0.1, -0.05) is 13.8 Å². The highest BCUT2D eigenvalue weighted by atomic mass is 16.3. The van der Waals surface area contributed by atoms with E-state index >= 15 is 0 Å². The van der Waals surface area contributed by atoms with Gasteiger partial charge in [0, 0.05) is 24.2 Å². The number of likely N-dealkylation sites (N-methyl/N-ethyl adjacent to an activating group) is 1. The Bertz CT molecular complexity index is 590. The van der Waals surface area contributed by atoms with E-state index in [2.05, 4.69) is 48.2 Å². The first-order chi connectivity index (χ1) is 9.61. The fraction of sp³-hybridized carbons (Fsp3) is 0.562. The highest BCUT2D eigenvalue weighted by Gasteiger charge is 2.17. The summed E-state index contributed by atoms with van der Waals surface area (Å²) in [4.78, 5) is 6.95. The van der Waals surface area contributed by atoms with E-state index in [1.165, 1.54) is 19.4 Å². The van der Waals surface area contributed by atoms with Crippen molar-refractivity contribution in [2.45, 2.75) is 38.6 Å². The van der Waals surface area contributed by atoms with E-state index in [-0.39, 0.29) is 0 Å². The lowest BCUT2D eigenvalue weighted by molar-refractivity contribution is 0.261. The number of anilines is 1. The van der Waals surface area contributed by atoms with E-state index < -0.39 is 0 Å². The lowest BCUT2D eigenvalue weighted by atomic mass is 10.1. The Labute approximate surface area is 120 Å². The molecule has 1 N–H and O–H groups in total. The molecule has 1 aromatic heterocycles. The largest absolute Gasteiger partial charge is 0.440 e. The quantitative estimate of drug-likeness (QED) is 0.930. The zero-order chi connectivity index (χ0) is 14.1. The number of hydrogen-bond acceptors (Lipinski definition) is 4. The lowest BCUT2D eigenvalue weighted by Gasteiger charge is -2.30. The molecule has 0 saturated carbocycles. The summed E-state index contributed by atoms with van der Waals surface area (Å²) in [6.07, 6.45) is 2.50. The summed E-state index contributed by atoms with van der Waals surface area (Å²) in [5.41, 5.74) is 2.96. The molecule has 0 bridgehead atoms. The molecular weight excluding hydrogens is 250 g/mol. The first kappa shape index (κ1) is 13.4. The van der Waals surface area contributed by atoms with Gasteiger partial charge >= 0.3 is 0 Å². The van der Waals surface area contributed by atoms with Crippen molar-refractivity contribution in [1.82, 2.24) is 9.88 Å². The number of rotatable bonds is 3. The highest BCUT2D eigenvalue weighted by Crippen LogP contribution is 2.24. The van der Waals surface area contributed by atoms with Gasteiger partial charge in [0.25, 0.3) is 0 Å². The molecule has 0 amide bonds. The van der Waals surface area contributed by atoms with Crippen molar-refractivity contribution < 1.29 is 4.42 Å². The highest BCUT2D eigenvalue weighted by molar-refractivity contribution is 5.77. The minimum atomic E-state index is 0.325. The molecule has 0 radical (unpaired) electrons. The second kappa shape index (κ2) is 5.44. The van der Waals surface area contributed by atoms with E-state index in [0.29, 0.717) is 12.0 Å². The number of nitrogens with one attached hydrogen (secondary N) is 1. The van der Waals surface area contributed by atoms with Gasteiger partial charge in [-0.25, -0.2) is 4.98 Å². The Morgan fingerprint density at radius 3 is 3.00 bits per heavy atom. The average Bonchev–Trinajstić information content (AvgIpc) is 2.82. The minimum absolute atomic E-state index is 0.325. The predicted molar refractivity (Wildman–Crippen MR) is 82.2 cm³/mol. The molecule has 0 spiro atoms. The van der Waals surface area contributed by atoms with Crippen LogP contribution in [0.3, 0.4) is 0 Å². The van der Waals surface area contributed by atoms with Crippen LogP contribution >= 0.6 is 0 Å². The van der Waals surface area contributed by atoms with Crippen LogP contribution in [0.1, 0.15) is 38.5 Å². The fourth-order valence-electron chi connectivity index (χ4n) is 2.80. The van der Waals surface area contributed by atoms with Gasteiger partial charge in [0.2, 0.25) is 0 Å². The van der Waals surface area contributed by atoms with Crippen LogP contribution in [0.4, 0.5) is 5.69 Å². The van der Waals surface area contributed by atoms with E-state index in [1.54, 1.807) is 0 Å². The van der Waals surface area contributed by atoms with Crippen molar-refractivity contribution in [3.8, 4) is 0 Å². The molecule has 1 aliphatic rings. The predicted octanol–water partition coefficient (Wildman–Crippen LogP) is 3.46. The molecule has 0 aliphatic carbocycles. The van der Waals surface area contributed by atoms with Crippen molar-refractivity contribution in [3.63, 3.8) is 0 Å². The number of likely N-dealkylation sites (tertiary alicyclic amines) is 1. The van der Waals surface area contributed by atoms with Gasteiger partial charge in [-0.05, 0) is 44.6 Å². The average molecular weight is 273 g/mol. The standard InChI is InChI=1S/C16H23N3O/c1-11(2)16-18-14-9-12(6-7-15(14)20-16)17-13-5-4-8-19(3)10-13/h6-7,9,11,13,17H,4-5,8,10H2,1-3H3. The normalized spacial score (nSPS) is 20.7. The van der Waals surface area contributed by atoms with Gasteiger partial charge in [0.05, 0.1) is 0 Å². The smallest absolute Gasteiger partial charge is 0.198 e. The van der Waals surface area contributed by atoms with E-state index in [4.69, 9.17) is 4.42 Å². The molecular formula is C16H23N3O. The van der Waals surface area contributed by atoms with Crippen molar-refractivity contribution in [1.29, 1.82) is 0 Å². The van der Waals surface area contributed by atoms with Gasteiger partial charge in [0.15, 0.2) is 11.5 Å².